The van der Waals surface area contributed by atoms with E-state index in [1.165, 1.54) is 6.33 Å². The number of hydrogen-bond acceptors (Lipinski definition) is 4. The van der Waals surface area contributed by atoms with Crippen molar-refractivity contribution in [2.24, 2.45) is 0 Å². The Bertz CT molecular complexity index is 588. The minimum Gasteiger partial charge on any atom is -0.395 e. The van der Waals surface area contributed by atoms with E-state index in [1.54, 1.807) is 0 Å². The fourth-order valence-electron chi connectivity index (χ4n) is 2.25. The molecule has 0 saturated carbocycles. The number of hydrogen-bond donors (Lipinski definition) is 3. The molecule has 104 valence electrons. The lowest BCUT2D eigenvalue weighted by Gasteiger charge is -2.39. The van der Waals surface area contributed by atoms with Crippen LogP contribution in [0.3, 0.4) is 0 Å². The number of aliphatic hydroxyl groups is 1. The topological polar surface area (TPSA) is 85.0 Å². The van der Waals surface area contributed by atoms with E-state index in [4.69, 9.17) is 5.11 Å². The van der Waals surface area contributed by atoms with Crippen LogP contribution in [0.4, 0.5) is 0 Å². The maximum Gasteiger partial charge on any atom is 0.275 e. The van der Waals surface area contributed by atoms with Crippen molar-refractivity contribution >= 4 is 11.0 Å². The summed E-state index contributed by atoms with van der Waals surface area (Å²) in [4.78, 5) is 23.4. The minimum atomic E-state index is -0.149. The highest BCUT2D eigenvalue weighted by molar-refractivity contribution is 5.77. The van der Waals surface area contributed by atoms with Gasteiger partial charge in [-0.15, -0.1) is 0 Å². The second kappa shape index (κ2) is 5.99. The molecule has 6 heteroatoms. The van der Waals surface area contributed by atoms with E-state index < -0.39 is 0 Å². The van der Waals surface area contributed by atoms with Crippen molar-refractivity contribution in [3.8, 4) is 0 Å². The SMILES string of the molecule is CC.O=c1[nH]cnc2c(CN3CCC3CO)c[nH]c12. The van der Waals surface area contributed by atoms with Gasteiger partial charge in [0, 0.05) is 30.9 Å². The van der Waals surface area contributed by atoms with E-state index >= 15 is 0 Å². The van der Waals surface area contributed by atoms with Gasteiger partial charge >= 0.3 is 0 Å². The van der Waals surface area contributed by atoms with E-state index in [0.717, 1.165) is 30.6 Å². The average molecular weight is 264 g/mol. The van der Waals surface area contributed by atoms with Crippen LogP contribution < -0.4 is 5.56 Å². The predicted octanol–water partition coefficient (Wildman–Crippen LogP) is 0.844. The molecule has 1 saturated heterocycles. The van der Waals surface area contributed by atoms with Gasteiger partial charge in [-0.05, 0) is 6.42 Å². The summed E-state index contributed by atoms with van der Waals surface area (Å²) in [6, 6.07) is 0.252. The Hall–Kier alpha value is -1.66. The number of aromatic nitrogens is 3. The van der Waals surface area contributed by atoms with Crippen LogP contribution in [0.1, 0.15) is 25.8 Å². The average Bonchev–Trinajstić information content (AvgIpc) is 2.82. The molecule has 3 heterocycles. The van der Waals surface area contributed by atoms with Crippen molar-refractivity contribution in [1.82, 2.24) is 19.9 Å². The molecule has 1 aliphatic heterocycles. The number of fused-ring (bicyclic) bond motifs is 1. The molecule has 0 radical (unpaired) electrons. The zero-order valence-corrected chi connectivity index (χ0v) is 11.3. The summed E-state index contributed by atoms with van der Waals surface area (Å²) >= 11 is 0. The fraction of sp³-hybridized carbons (Fsp3) is 0.538. The Morgan fingerprint density at radius 3 is 2.89 bits per heavy atom. The van der Waals surface area contributed by atoms with Crippen LogP contribution >= 0.6 is 0 Å². The summed E-state index contributed by atoms with van der Waals surface area (Å²) in [5.41, 5.74) is 2.09. The van der Waals surface area contributed by atoms with Gasteiger partial charge in [0.05, 0.1) is 18.5 Å². The van der Waals surface area contributed by atoms with Gasteiger partial charge in [-0.25, -0.2) is 4.98 Å². The summed E-state index contributed by atoms with van der Waals surface area (Å²) in [7, 11) is 0. The first-order chi connectivity index (χ1) is 9.29. The quantitative estimate of drug-likeness (QED) is 0.767. The Kier molecular flexibility index (Phi) is 4.34. The first-order valence-corrected chi connectivity index (χ1v) is 6.68. The van der Waals surface area contributed by atoms with Crippen LogP contribution in [-0.4, -0.2) is 44.2 Å². The minimum absolute atomic E-state index is 0.149. The second-order valence-electron chi connectivity index (χ2n) is 4.36. The number of nitrogens with zero attached hydrogens (tertiary/aromatic N) is 2. The van der Waals surface area contributed by atoms with E-state index in [0.29, 0.717) is 5.52 Å². The number of aliphatic hydroxyl groups excluding tert-OH is 1. The molecule has 1 unspecified atom stereocenters. The van der Waals surface area contributed by atoms with Crippen LogP contribution in [-0.2, 0) is 6.54 Å². The highest BCUT2D eigenvalue weighted by Gasteiger charge is 2.27. The molecule has 1 aliphatic rings. The Morgan fingerprint density at radius 1 is 1.47 bits per heavy atom. The standard InChI is InChI=1S/C11H14N4O2.C2H6/c16-5-8-1-2-15(8)4-7-3-12-10-9(7)13-6-14-11(10)17;1-2/h3,6,8,12,16H,1-2,4-5H2,(H,13,14,17);1-2H3. The van der Waals surface area contributed by atoms with Crippen LogP contribution in [0.5, 0.6) is 0 Å². The third kappa shape index (κ3) is 2.54. The smallest absolute Gasteiger partial charge is 0.275 e. The monoisotopic (exact) mass is 264 g/mol. The number of H-pyrrole nitrogens is 2. The van der Waals surface area contributed by atoms with Crippen molar-refractivity contribution in [3.63, 3.8) is 0 Å². The van der Waals surface area contributed by atoms with Crippen molar-refractivity contribution < 1.29 is 5.11 Å². The zero-order valence-electron chi connectivity index (χ0n) is 11.3. The molecular weight excluding hydrogens is 244 g/mol. The molecule has 6 nitrogen and oxygen atoms in total. The highest BCUT2D eigenvalue weighted by atomic mass is 16.3. The van der Waals surface area contributed by atoms with Gasteiger partial charge in [-0.2, -0.15) is 0 Å². The Balaban J connectivity index is 0.000000637. The lowest BCUT2D eigenvalue weighted by atomic mass is 10.0. The molecule has 2 aromatic rings. The van der Waals surface area contributed by atoms with Gasteiger partial charge in [0.15, 0.2) is 0 Å². The Morgan fingerprint density at radius 2 is 2.26 bits per heavy atom. The molecule has 0 aliphatic carbocycles. The van der Waals surface area contributed by atoms with Gasteiger partial charge in [-0.3, -0.25) is 9.69 Å². The molecule has 0 amide bonds. The van der Waals surface area contributed by atoms with Gasteiger partial charge in [0.25, 0.3) is 5.56 Å². The molecule has 3 rings (SSSR count). The predicted molar refractivity (Wildman–Crippen MR) is 74.0 cm³/mol. The van der Waals surface area contributed by atoms with Gasteiger partial charge in [0.1, 0.15) is 5.52 Å². The summed E-state index contributed by atoms with van der Waals surface area (Å²) in [6.07, 6.45) is 4.27. The van der Waals surface area contributed by atoms with E-state index in [2.05, 4.69) is 19.9 Å². The lowest BCUT2D eigenvalue weighted by Crippen LogP contribution is -2.48. The number of likely N-dealkylation sites (tertiary alicyclic amines) is 1. The van der Waals surface area contributed by atoms with Crippen molar-refractivity contribution in [1.29, 1.82) is 0 Å². The summed E-state index contributed by atoms with van der Waals surface area (Å²) in [6.45, 7) is 5.90. The number of rotatable bonds is 3. The fourth-order valence-corrected chi connectivity index (χ4v) is 2.25. The second-order valence-corrected chi connectivity index (χ2v) is 4.36. The maximum atomic E-state index is 11.5. The molecule has 0 spiro atoms. The first kappa shape index (κ1) is 13.8. The third-order valence-electron chi connectivity index (χ3n) is 3.40. The largest absolute Gasteiger partial charge is 0.395 e. The number of nitrogens with one attached hydrogen (secondary N) is 2. The van der Waals surface area contributed by atoms with E-state index in [9.17, 15) is 4.79 Å². The van der Waals surface area contributed by atoms with Gasteiger partial charge in [-0.1, -0.05) is 13.8 Å². The van der Waals surface area contributed by atoms with Crippen LogP contribution in [0.2, 0.25) is 0 Å². The number of aromatic amines is 2. The zero-order chi connectivity index (χ0) is 13.8. The molecular formula is C13H20N4O2. The van der Waals surface area contributed by atoms with Crippen molar-refractivity contribution in [2.45, 2.75) is 32.9 Å². The summed E-state index contributed by atoms with van der Waals surface area (Å²) in [5.74, 6) is 0. The lowest BCUT2D eigenvalue weighted by molar-refractivity contribution is 0.0359. The molecule has 19 heavy (non-hydrogen) atoms. The molecule has 1 atom stereocenters. The van der Waals surface area contributed by atoms with Crippen molar-refractivity contribution in [3.05, 3.63) is 28.4 Å². The first-order valence-electron chi connectivity index (χ1n) is 6.68. The molecule has 0 aromatic carbocycles. The maximum absolute atomic E-state index is 11.5. The van der Waals surface area contributed by atoms with Crippen molar-refractivity contribution in [2.75, 3.05) is 13.2 Å². The molecule has 2 aromatic heterocycles. The summed E-state index contributed by atoms with van der Waals surface area (Å²) in [5, 5.41) is 9.12. The highest BCUT2D eigenvalue weighted by Crippen LogP contribution is 2.22. The van der Waals surface area contributed by atoms with E-state index in [-0.39, 0.29) is 18.2 Å². The van der Waals surface area contributed by atoms with Crippen LogP contribution in [0.15, 0.2) is 17.3 Å². The van der Waals surface area contributed by atoms with Crippen LogP contribution in [0, 0.1) is 0 Å². The Labute approximate surface area is 111 Å². The van der Waals surface area contributed by atoms with Crippen LogP contribution in [0.25, 0.3) is 11.0 Å². The van der Waals surface area contributed by atoms with E-state index in [1.807, 2.05) is 20.0 Å². The normalized spacial score (nSPS) is 18.8. The van der Waals surface area contributed by atoms with Gasteiger partial charge in [0.2, 0.25) is 0 Å². The van der Waals surface area contributed by atoms with Gasteiger partial charge < -0.3 is 15.1 Å². The molecule has 1 fully saturated rings. The summed E-state index contributed by atoms with van der Waals surface area (Å²) < 4.78 is 0. The molecule has 3 N–H and O–H groups in total. The molecule has 0 bridgehead atoms. The third-order valence-corrected chi connectivity index (χ3v) is 3.40.